The van der Waals surface area contributed by atoms with Gasteiger partial charge in [0.05, 0.1) is 6.61 Å². The van der Waals surface area contributed by atoms with Gasteiger partial charge in [0, 0.05) is 6.92 Å². The second-order valence-electron chi connectivity index (χ2n) is 3.76. The zero-order valence-electron chi connectivity index (χ0n) is 8.70. The maximum atomic E-state index is 10.8. The predicted octanol–water partition coefficient (Wildman–Crippen LogP) is -3.79. The van der Waals surface area contributed by atoms with Crippen molar-refractivity contribution < 1.29 is 30.0 Å². The van der Waals surface area contributed by atoms with Crippen molar-refractivity contribution in [1.29, 1.82) is 0 Å². The molecule has 0 bridgehead atoms. The molecule has 1 rings (SSSR count). The van der Waals surface area contributed by atoms with Crippen molar-refractivity contribution in [2.24, 2.45) is 5.73 Å². The van der Waals surface area contributed by atoms with Gasteiger partial charge >= 0.3 is 0 Å². The van der Waals surface area contributed by atoms with Gasteiger partial charge in [-0.05, 0) is 0 Å². The molecule has 7 N–H and O–H groups in total. The van der Waals surface area contributed by atoms with Crippen LogP contribution in [0.25, 0.3) is 0 Å². The van der Waals surface area contributed by atoms with Gasteiger partial charge in [0.1, 0.15) is 18.2 Å². The minimum Gasteiger partial charge on any atom is -0.394 e. The molecule has 8 nitrogen and oxygen atoms in total. The molecule has 1 fully saturated rings. The Morgan fingerprint density at radius 3 is 2.56 bits per heavy atom. The van der Waals surface area contributed by atoms with Gasteiger partial charge in [-0.15, -0.1) is 0 Å². The maximum Gasteiger partial charge on any atom is 0.217 e. The molecule has 8 heteroatoms. The van der Waals surface area contributed by atoms with E-state index in [1.165, 1.54) is 0 Å². The summed E-state index contributed by atoms with van der Waals surface area (Å²) in [5.74, 6) is -0.550. The molecule has 94 valence electrons. The molecular formula is C8H16N2O6. The molecule has 1 aliphatic heterocycles. The molecule has 0 radical (unpaired) electrons. The van der Waals surface area contributed by atoms with E-state index in [4.69, 9.17) is 15.6 Å². The van der Waals surface area contributed by atoms with Gasteiger partial charge in [-0.2, -0.15) is 0 Å². The van der Waals surface area contributed by atoms with E-state index in [9.17, 15) is 20.1 Å². The average Bonchev–Trinajstić information content (AvgIpc) is 2.18. The lowest BCUT2D eigenvalue weighted by atomic mass is 9.91. The van der Waals surface area contributed by atoms with Gasteiger partial charge in [-0.3, -0.25) is 10.5 Å². The molecule has 16 heavy (non-hydrogen) atoms. The maximum absolute atomic E-state index is 10.8. The quantitative estimate of drug-likeness (QED) is 0.270. The Balaban J connectivity index is 2.89. The van der Waals surface area contributed by atoms with Crippen LogP contribution in [0.4, 0.5) is 0 Å². The third-order valence-corrected chi connectivity index (χ3v) is 2.46. The van der Waals surface area contributed by atoms with Gasteiger partial charge in [0.15, 0.2) is 12.0 Å². The molecule has 1 saturated heterocycles. The van der Waals surface area contributed by atoms with E-state index in [0.717, 1.165) is 6.92 Å². The summed E-state index contributed by atoms with van der Waals surface area (Å²) < 4.78 is 4.80. The van der Waals surface area contributed by atoms with Crippen molar-refractivity contribution in [3.8, 4) is 0 Å². The van der Waals surface area contributed by atoms with Gasteiger partial charge in [-0.25, -0.2) is 0 Å². The Kier molecular flexibility index (Phi) is 3.84. The predicted molar refractivity (Wildman–Crippen MR) is 50.7 cm³/mol. The minimum atomic E-state index is -2.28. The Morgan fingerprint density at radius 1 is 1.56 bits per heavy atom. The highest BCUT2D eigenvalue weighted by atomic mass is 16.6. The third-order valence-electron chi connectivity index (χ3n) is 2.46. The molecule has 0 aromatic heterocycles. The number of ether oxygens (including phenoxy) is 1. The summed E-state index contributed by atoms with van der Waals surface area (Å²) in [7, 11) is 0. The van der Waals surface area contributed by atoms with Crippen molar-refractivity contribution in [2.45, 2.75) is 37.2 Å². The first-order valence-electron chi connectivity index (χ1n) is 4.71. The summed E-state index contributed by atoms with van der Waals surface area (Å²) in [6.07, 6.45) is -4.45. The zero-order chi connectivity index (χ0) is 12.5. The summed E-state index contributed by atoms with van der Waals surface area (Å²) >= 11 is 0. The van der Waals surface area contributed by atoms with Crippen LogP contribution >= 0.6 is 0 Å². The number of hydrogen-bond donors (Lipinski definition) is 6. The minimum absolute atomic E-state index is 0.550. The molecule has 0 aromatic carbocycles. The smallest absolute Gasteiger partial charge is 0.217 e. The standard InChI is InChI=1S/C8H16N2O6/c1-3(12)10-5-7(14)16-4(2-11)6(13)8(5,9)15/h4-7,11,13-15H,2,9H2,1H3,(H,10,12)/t4-,5+,6-,7?,8-/m1/s1. The number of hydrogen-bond acceptors (Lipinski definition) is 7. The molecule has 5 atom stereocenters. The Morgan fingerprint density at radius 2 is 2.12 bits per heavy atom. The number of amides is 1. The molecule has 0 saturated carbocycles. The number of carbonyl (C=O) groups excluding carboxylic acids is 1. The van der Waals surface area contributed by atoms with Crippen molar-refractivity contribution >= 4 is 5.91 Å². The Labute approximate surface area is 91.6 Å². The largest absolute Gasteiger partial charge is 0.394 e. The molecule has 1 aliphatic rings. The lowest BCUT2D eigenvalue weighted by molar-refractivity contribution is -0.285. The van der Waals surface area contributed by atoms with E-state index >= 15 is 0 Å². The van der Waals surface area contributed by atoms with Crippen LogP contribution in [0.3, 0.4) is 0 Å². The number of carbonyl (C=O) groups is 1. The van der Waals surface area contributed by atoms with E-state index in [-0.39, 0.29) is 0 Å². The molecular weight excluding hydrogens is 220 g/mol. The Bertz CT molecular complexity index is 271. The first kappa shape index (κ1) is 13.3. The molecule has 0 spiro atoms. The number of nitrogens with one attached hydrogen (secondary N) is 1. The highest BCUT2D eigenvalue weighted by Crippen LogP contribution is 2.24. The average molecular weight is 236 g/mol. The summed E-state index contributed by atoms with van der Waals surface area (Å²) in [6, 6.07) is -1.37. The summed E-state index contributed by atoms with van der Waals surface area (Å²) in [4.78, 5) is 10.8. The van der Waals surface area contributed by atoms with Crippen LogP contribution < -0.4 is 11.1 Å². The molecule has 1 heterocycles. The topological polar surface area (TPSA) is 145 Å². The lowest BCUT2D eigenvalue weighted by Gasteiger charge is -2.46. The van der Waals surface area contributed by atoms with Gasteiger partial charge in [0.25, 0.3) is 0 Å². The van der Waals surface area contributed by atoms with Gasteiger partial charge < -0.3 is 30.5 Å². The number of nitrogens with two attached hydrogens (primary N) is 1. The van der Waals surface area contributed by atoms with Crippen LogP contribution in [0.5, 0.6) is 0 Å². The van der Waals surface area contributed by atoms with Crippen molar-refractivity contribution in [2.75, 3.05) is 6.61 Å². The monoisotopic (exact) mass is 236 g/mol. The van der Waals surface area contributed by atoms with E-state index in [1.54, 1.807) is 0 Å². The lowest BCUT2D eigenvalue weighted by Crippen LogP contribution is -2.75. The summed E-state index contributed by atoms with van der Waals surface area (Å²) in [5.41, 5.74) is 3.13. The Hall–Kier alpha value is -0.770. The van der Waals surface area contributed by atoms with Crippen LogP contribution in [-0.4, -0.2) is 63.2 Å². The van der Waals surface area contributed by atoms with E-state index < -0.39 is 42.8 Å². The number of rotatable bonds is 2. The number of aliphatic hydroxyl groups excluding tert-OH is 3. The fraction of sp³-hybridized carbons (Fsp3) is 0.875. The molecule has 0 aliphatic carbocycles. The summed E-state index contributed by atoms with van der Waals surface area (Å²) in [6.45, 7) is 0.540. The summed E-state index contributed by atoms with van der Waals surface area (Å²) in [5, 5.41) is 39.8. The van der Waals surface area contributed by atoms with Gasteiger partial charge in [-0.1, -0.05) is 0 Å². The van der Waals surface area contributed by atoms with Crippen molar-refractivity contribution in [1.82, 2.24) is 5.32 Å². The molecule has 1 amide bonds. The van der Waals surface area contributed by atoms with Crippen molar-refractivity contribution in [3.05, 3.63) is 0 Å². The second-order valence-corrected chi connectivity index (χ2v) is 3.76. The van der Waals surface area contributed by atoms with E-state index in [0.29, 0.717) is 0 Å². The van der Waals surface area contributed by atoms with Crippen molar-refractivity contribution in [3.63, 3.8) is 0 Å². The first-order valence-corrected chi connectivity index (χ1v) is 4.71. The second kappa shape index (κ2) is 4.62. The normalized spacial score (nSPS) is 44.1. The van der Waals surface area contributed by atoms with Crippen LogP contribution in [0.15, 0.2) is 0 Å². The molecule has 0 aromatic rings. The highest BCUT2D eigenvalue weighted by molar-refractivity contribution is 5.73. The fourth-order valence-corrected chi connectivity index (χ4v) is 1.59. The molecule has 1 unspecified atom stereocenters. The number of aliphatic hydroxyl groups is 4. The van der Waals surface area contributed by atoms with Crippen LogP contribution in [0.2, 0.25) is 0 Å². The van der Waals surface area contributed by atoms with Crippen LogP contribution in [0, 0.1) is 0 Å². The van der Waals surface area contributed by atoms with E-state index in [2.05, 4.69) is 5.32 Å². The highest BCUT2D eigenvalue weighted by Gasteiger charge is 2.53. The first-order chi connectivity index (χ1) is 7.30. The van der Waals surface area contributed by atoms with E-state index in [1.807, 2.05) is 0 Å². The zero-order valence-corrected chi connectivity index (χ0v) is 8.70. The SMILES string of the molecule is CC(=O)N[C@H]1C(O)O[C@H](CO)[C@@H](O)[C@]1(N)O. The third kappa shape index (κ3) is 2.32. The van der Waals surface area contributed by atoms with Crippen LogP contribution in [-0.2, 0) is 9.53 Å². The van der Waals surface area contributed by atoms with Crippen LogP contribution in [0.1, 0.15) is 6.92 Å². The van der Waals surface area contributed by atoms with Gasteiger partial charge in [0.2, 0.25) is 5.91 Å². The fourth-order valence-electron chi connectivity index (χ4n) is 1.59.